The van der Waals surface area contributed by atoms with Crippen molar-refractivity contribution >= 4 is 5.97 Å². The number of carbonyl (C=O) groups is 1. The van der Waals surface area contributed by atoms with Crippen LogP contribution in [-0.2, 0) is 4.79 Å². The van der Waals surface area contributed by atoms with Gasteiger partial charge < -0.3 is 20.6 Å². The van der Waals surface area contributed by atoms with E-state index in [0.29, 0.717) is 13.2 Å². The van der Waals surface area contributed by atoms with Crippen LogP contribution in [0.1, 0.15) is 0 Å². The highest BCUT2D eigenvalue weighted by Gasteiger charge is 2.17. The molecule has 3 N–H and O–H groups in total. The van der Waals surface area contributed by atoms with Gasteiger partial charge in [-0.2, -0.15) is 0 Å². The van der Waals surface area contributed by atoms with E-state index in [9.17, 15) is 4.79 Å². The Morgan fingerprint density at radius 2 is 2.67 bits per heavy atom. The molecule has 1 aliphatic rings. The summed E-state index contributed by atoms with van der Waals surface area (Å²) in [5.41, 5.74) is 0. The van der Waals surface area contributed by atoms with E-state index in [2.05, 4.69) is 10.6 Å². The highest BCUT2D eigenvalue weighted by Crippen LogP contribution is 1.96. The quantitative estimate of drug-likeness (QED) is 0.506. The summed E-state index contributed by atoms with van der Waals surface area (Å²) < 4.78 is 0. The van der Waals surface area contributed by atoms with Crippen molar-refractivity contribution in [3.05, 3.63) is 12.4 Å². The molecule has 0 spiro atoms. The van der Waals surface area contributed by atoms with Crippen molar-refractivity contribution in [1.82, 2.24) is 15.5 Å². The van der Waals surface area contributed by atoms with Crippen molar-refractivity contribution in [3.8, 4) is 0 Å². The predicted octanol–water partition coefficient (Wildman–Crippen LogP) is -1.01. The normalized spacial score (nSPS) is 17.6. The lowest BCUT2D eigenvalue weighted by Crippen LogP contribution is -2.43. The SMILES string of the molecule is CNC(CN1C=CNC1)C(=O)O. The Balaban J connectivity index is 2.36. The van der Waals surface area contributed by atoms with Gasteiger partial charge in [-0.25, -0.2) is 0 Å². The largest absolute Gasteiger partial charge is 0.480 e. The van der Waals surface area contributed by atoms with Crippen LogP contribution in [0.3, 0.4) is 0 Å². The number of aliphatic carboxylic acids is 1. The molecule has 0 amide bonds. The zero-order valence-corrected chi connectivity index (χ0v) is 6.95. The standard InChI is InChI=1S/C7H13N3O2/c1-8-6(7(11)12)4-10-3-2-9-5-10/h2-3,6,8-9H,4-5H2,1H3,(H,11,12). The summed E-state index contributed by atoms with van der Waals surface area (Å²) >= 11 is 0. The molecule has 0 radical (unpaired) electrons. The van der Waals surface area contributed by atoms with Crippen LogP contribution in [0.15, 0.2) is 12.4 Å². The Labute approximate surface area is 71.0 Å². The smallest absolute Gasteiger partial charge is 0.322 e. The van der Waals surface area contributed by atoms with Crippen LogP contribution in [0.2, 0.25) is 0 Å². The Kier molecular flexibility index (Phi) is 2.93. The third-order valence-corrected chi connectivity index (χ3v) is 1.76. The molecule has 0 saturated carbocycles. The summed E-state index contributed by atoms with van der Waals surface area (Å²) in [5, 5.41) is 14.4. The van der Waals surface area contributed by atoms with Gasteiger partial charge in [0.2, 0.25) is 0 Å². The molecule has 1 heterocycles. The lowest BCUT2D eigenvalue weighted by Gasteiger charge is -2.19. The maximum absolute atomic E-state index is 10.6. The molecule has 1 aliphatic heterocycles. The fraction of sp³-hybridized carbons (Fsp3) is 0.571. The summed E-state index contributed by atoms with van der Waals surface area (Å²) in [6, 6.07) is -0.505. The lowest BCUT2D eigenvalue weighted by molar-refractivity contribution is -0.139. The van der Waals surface area contributed by atoms with Crippen molar-refractivity contribution in [2.75, 3.05) is 20.3 Å². The van der Waals surface area contributed by atoms with Crippen LogP contribution < -0.4 is 10.6 Å². The number of nitrogens with one attached hydrogen (secondary N) is 2. The first kappa shape index (κ1) is 8.86. The predicted molar refractivity (Wildman–Crippen MR) is 44.3 cm³/mol. The number of rotatable bonds is 4. The molecule has 5 nitrogen and oxygen atoms in total. The van der Waals surface area contributed by atoms with Crippen molar-refractivity contribution < 1.29 is 9.90 Å². The molecule has 0 aromatic rings. The molecule has 0 aromatic heterocycles. The second-order valence-electron chi connectivity index (χ2n) is 2.63. The summed E-state index contributed by atoms with van der Waals surface area (Å²) in [5.74, 6) is -0.821. The van der Waals surface area contributed by atoms with Gasteiger partial charge in [0.25, 0.3) is 0 Å². The molecule has 0 saturated heterocycles. The Hall–Kier alpha value is -1.23. The Morgan fingerprint density at radius 1 is 1.92 bits per heavy atom. The molecule has 0 fully saturated rings. The van der Waals surface area contributed by atoms with Gasteiger partial charge in [0.15, 0.2) is 0 Å². The third-order valence-electron chi connectivity index (χ3n) is 1.76. The zero-order chi connectivity index (χ0) is 8.97. The van der Waals surface area contributed by atoms with Gasteiger partial charge >= 0.3 is 5.97 Å². The van der Waals surface area contributed by atoms with Crippen LogP contribution in [-0.4, -0.2) is 42.3 Å². The lowest BCUT2D eigenvalue weighted by atomic mass is 10.3. The summed E-state index contributed by atoms with van der Waals surface area (Å²) in [6.07, 6.45) is 3.64. The first-order valence-electron chi connectivity index (χ1n) is 3.78. The van der Waals surface area contributed by atoms with Crippen molar-refractivity contribution in [2.45, 2.75) is 6.04 Å². The minimum Gasteiger partial charge on any atom is -0.480 e. The van der Waals surface area contributed by atoms with E-state index >= 15 is 0 Å². The van der Waals surface area contributed by atoms with Gasteiger partial charge in [0.05, 0.1) is 6.67 Å². The summed E-state index contributed by atoms with van der Waals surface area (Å²) in [4.78, 5) is 12.5. The molecular formula is C7H13N3O2. The van der Waals surface area contributed by atoms with Gasteiger partial charge in [-0.3, -0.25) is 4.79 Å². The van der Waals surface area contributed by atoms with Gasteiger partial charge in [-0.05, 0) is 7.05 Å². The molecule has 1 unspecified atom stereocenters. The maximum Gasteiger partial charge on any atom is 0.322 e. The number of hydrogen-bond acceptors (Lipinski definition) is 4. The van der Waals surface area contributed by atoms with E-state index in [4.69, 9.17) is 5.11 Å². The zero-order valence-electron chi connectivity index (χ0n) is 6.95. The van der Waals surface area contributed by atoms with Crippen molar-refractivity contribution in [1.29, 1.82) is 0 Å². The molecular weight excluding hydrogens is 158 g/mol. The van der Waals surface area contributed by atoms with Gasteiger partial charge in [-0.15, -0.1) is 0 Å². The van der Waals surface area contributed by atoms with Gasteiger partial charge in [-0.1, -0.05) is 0 Å². The van der Waals surface area contributed by atoms with E-state index in [1.165, 1.54) is 0 Å². The molecule has 12 heavy (non-hydrogen) atoms. The average Bonchev–Trinajstić information content (AvgIpc) is 2.51. The van der Waals surface area contributed by atoms with Crippen LogP contribution in [0.4, 0.5) is 0 Å². The number of carboxylic acid groups (broad SMARTS) is 1. The Morgan fingerprint density at radius 3 is 3.08 bits per heavy atom. The minimum absolute atomic E-state index is 0.481. The molecule has 0 aromatic carbocycles. The van der Waals surface area contributed by atoms with Crippen LogP contribution in [0.25, 0.3) is 0 Å². The highest BCUT2D eigenvalue weighted by atomic mass is 16.4. The molecule has 1 atom stereocenters. The van der Waals surface area contributed by atoms with E-state index in [1.807, 2.05) is 11.1 Å². The number of likely N-dealkylation sites (N-methyl/N-ethyl adjacent to an activating group) is 1. The highest BCUT2D eigenvalue weighted by molar-refractivity contribution is 5.73. The second kappa shape index (κ2) is 3.96. The second-order valence-corrected chi connectivity index (χ2v) is 2.63. The molecule has 68 valence electrons. The van der Waals surface area contributed by atoms with Gasteiger partial charge in [0.1, 0.15) is 6.04 Å². The molecule has 0 aliphatic carbocycles. The monoisotopic (exact) mass is 171 g/mol. The molecule has 1 rings (SSSR count). The fourth-order valence-corrected chi connectivity index (χ4v) is 1.03. The van der Waals surface area contributed by atoms with E-state index in [0.717, 1.165) is 0 Å². The third kappa shape index (κ3) is 2.13. The topological polar surface area (TPSA) is 64.6 Å². The number of nitrogens with zero attached hydrogens (tertiary/aromatic N) is 1. The van der Waals surface area contributed by atoms with Crippen LogP contribution >= 0.6 is 0 Å². The fourth-order valence-electron chi connectivity index (χ4n) is 1.03. The van der Waals surface area contributed by atoms with E-state index in [-0.39, 0.29) is 0 Å². The Bertz CT molecular complexity index is 193. The van der Waals surface area contributed by atoms with Crippen LogP contribution in [0, 0.1) is 0 Å². The van der Waals surface area contributed by atoms with E-state index < -0.39 is 12.0 Å². The van der Waals surface area contributed by atoms with Crippen molar-refractivity contribution in [2.24, 2.45) is 0 Å². The van der Waals surface area contributed by atoms with Gasteiger partial charge in [0, 0.05) is 18.9 Å². The number of hydrogen-bond donors (Lipinski definition) is 3. The van der Waals surface area contributed by atoms with Crippen LogP contribution in [0.5, 0.6) is 0 Å². The first-order valence-corrected chi connectivity index (χ1v) is 3.78. The molecule has 5 heteroatoms. The molecule has 0 bridgehead atoms. The maximum atomic E-state index is 10.6. The summed E-state index contributed by atoms with van der Waals surface area (Å²) in [6.45, 7) is 1.17. The number of carboxylic acids is 1. The average molecular weight is 171 g/mol. The van der Waals surface area contributed by atoms with E-state index in [1.54, 1.807) is 13.2 Å². The summed E-state index contributed by atoms with van der Waals surface area (Å²) in [7, 11) is 1.64. The first-order chi connectivity index (χ1) is 5.74. The minimum atomic E-state index is -0.821. The van der Waals surface area contributed by atoms with Crippen molar-refractivity contribution in [3.63, 3.8) is 0 Å².